The largest absolute Gasteiger partial charge is 0.515 e. The highest BCUT2D eigenvalue weighted by Crippen LogP contribution is 2.27. The molecule has 0 radical (unpaired) electrons. The fourth-order valence-corrected chi connectivity index (χ4v) is 3.02. The highest BCUT2D eigenvalue weighted by atomic mass is 16.2. The Hall–Kier alpha value is -2.28. The molecule has 1 aliphatic carbocycles. The second kappa shape index (κ2) is 3.36. The molecule has 1 nitrogen and oxygen atoms in total. The minimum absolute atomic E-state index is 0.890. The molecule has 1 aliphatic rings. The van der Waals surface area contributed by atoms with Gasteiger partial charge in [0.05, 0.1) is 6.26 Å². The Morgan fingerprint density at radius 3 is 2.78 bits per heavy atom. The second-order valence-electron chi connectivity index (χ2n) is 4.78. The van der Waals surface area contributed by atoms with Crippen LogP contribution in [0.3, 0.4) is 0 Å². The van der Waals surface area contributed by atoms with E-state index >= 15 is 0 Å². The zero-order valence-corrected chi connectivity index (χ0v) is 9.85. The molecule has 0 atom stereocenters. The van der Waals surface area contributed by atoms with Gasteiger partial charge in [0.1, 0.15) is 0 Å². The maximum Gasteiger partial charge on any atom is 0.0870 e. The van der Waals surface area contributed by atoms with Crippen molar-refractivity contribution in [3.05, 3.63) is 58.5 Å². The van der Waals surface area contributed by atoms with E-state index in [1.807, 2.05) is 6.07 Å². The first-order valence-electron chi connectivity index (χ1n) is 6.16. The number of hydrogen-bond donors (Lipinski definition) is 1. The third-order valence-electron chi connectivity index (χ3n) is 3.85. The highest BCUT2D eigenvalue weighted by molar-refractivity contribution is 6.10. The molecule has 3 aromatic rings. The summed E-state index contributed by atoms with van der Waals surface area (Å²) in [5.41, 5.74) is 1.38. The standard InChI is InChI=1S/C17H12O/c18-10-14-7-6-13-5-4-11-2-1-3-12-8-9-15(14)17(13)16(11)12/h1-3,5-10,18H,4H2. The Morgan fingerprint density at radius 2 is 1.89 bits per heavy atom. The summed E-state index contributed by atoms with van der Waals surface area (Å²) in [4.78, 5) is 0. The van der Waals surface area contributed by atoms with Crippen molar-refractivity contribution < 1.29 is 5.11 Å². The van der Waals surface area contributed by atoms with Crippen molar-refractivity contribution in [3.63, 3.8) is 0 Å². The van der Waals surface area contributed by atoms with Crippen LogP contribution in [-0.4, -0.2) is 5.11 Å². The molecular formula is C17H12O. The van der Waals surface area contributed by atoms with Gasteiger partial charge in [0.2, 0.25) is 0 Å². The van der Waals surface area contributed by atoms with Crippen LogP contribution in [0.25, 0.3) is 33.9 Å². The van der Waals surface area contributed by atoms with Crippen LogP contribution in [0.4, 0.5) is 0 Å². The van der Waals surface area contributed by atoms with Crippen LogP contribution in [0.1, 0.15) is 5.56 Å². The molecule has 18 heavy (non-hydrogen) atoms. The topological polar surface area (TPSA) is 20.2 Å². The molecule has 0 saturated heterocycles. The predicted octanol–water partition coefficient (Wildman–Crippen LogP) is 2.63. The molecule has 4 rings (SSSR count). The van der Waals surface area contributed by atoms with Gasteiger partial charge in [0.25, 0.3) is 0 Å². The Kier molecular flexibility index (Phi) is 1.81. The molecule has 0 saturated carbocycles. The third kappa shape index (κ3) is 1.11. The van der Waals surface area contributed by atoms with E-state index in [1.165, 1.54) is 33.2 Å². The van der Waals surface area contributed by atoms with Crippen LogP contribution in [0, 0.1) is 0 Å². The summed E-state index contributed by atoms with van der Waals surface area (Å²) in [5, 5.41) is 16.5. The van der Waals surface area contributed by atoms with Crippen LogP contribution in [0.5, 0.6) is 0 Å². The van der Waals surface area contributed by atoms with E-state index < -0.39 is 0 Å². The van der Waals surface area contributed by atoms with Crippen LogP contribution < -0.4 is 10.4 Å². The summed E-state index contributed by atoms with van der Waals surface area (Å²) in [6.07, 6.45) is 4.46. The Bertz CT molecular complexity index is 904. The molecular weight excluding hydrogens is 220 g/mol. The maximum atomic E-state index is 9.35. The van der Waals surface area contributed by atoms with Crippen molar-refractivity contribution in [2.75, 3.05) is 0 Å². The normalized spacial score (nSPS) is 14.3. The molecule has 0 spiro atoms. The Balaban J connectivity index is 2.46. The van der Waals surface area contributed by atoms with Crippen molar-refractivity contribution in [2.45, 2.75) is 6.42 Å². The summed E-state index contributed by atoms with van der Waals surface area (Å²) in [6, 6.07) is 14.8. The summed E-state index contributed by atoms with van der Waals surface area (Å²) in [7, 11) is 0. The van der Waals surface area contributed by atoms with Crippen molar-refractivity contribution in [1.82, 2.24) is 0 Å². The van der Waals surface area contributed by atoms with Crippen molar-refractivity contribution in [2.24, 2.45) is 0 Å². The smallest absolute Gasteiger partial charge is 0.0870 e. The average Bonchev–Trinajstić information content (AvgIpc) is 2.44. The van der Waals surface area contributed by atoms with E-state index in [9.17, 15) is 5.11 Å². The number of hydrogen-bond acceptors (Lipinski definition) is 1. The van der Waals surface area contributed by atoms with Crippen molar-refractivity contribution in [3.8, 4) is 0 Å². The lowest BCUT2D eigenvalue weighted by atomic mass is 9.90. The Labute approximate surface area is 104 Å². The quantitative estimate of drug-likeness (QED) is 0.591. The van der Waals surface area contributed by atoms with E-state index in [0.29, 0.717) is 0 Å². The molecule has 0 unspecified atom stereocenters. The first kappa shape index (κ1) is 9.72. The molecule has 1 N–H and O–H groups in total. The van der Waals surface area contributed by atoms with Gasteiger partial charge in [-0.05, 0) is 38.7 Å². The molecule has 0 heterocycles. The predicted molar refractivity (Wildman–Crippen MR) is 76.0 cm³/mol. The lowest BCUT2D eigenvalue weighted by molar-refractivity contribution is 0.541. The fourth-order valence-electron chi connectivity index (χ4n) is 3.02. The fraction of sp³-hybridized carbons (Fsp3) is 0.0588. The molecule has 1 heteroatoms. The van der Waals surface area contributed by atoms with Gasteiger partial charge in [-0.25, -0.2) is 0 Å². The minimum atomic E-state index is 0.890. The van der Waals surface area contributed by atoms with Crippen LogP contribution in [0.2, 0.25) is 0 Å². The summed E-state index contributed by atoms with van der Waals surface area (Å²) in [5.74, 6) is 0. The van der Waals surface area contributed by atoms with Gasteiger partial charge < -0.3 is 5.11 Å². The number of aliphatic hydroxyl groups is 1. The number of rotatable bonds is 0. The van der Waals surface area contributed by atoms with E-state index in [0.717, 1.165) is 17.0 Å². The van der Waals surface area contributed by atoms with E-state index in [1.54, 1.807) is 0 Å². The molecule has 0 fully saturated rings. The second-order valence-corrected chi connectivity index (χ2v) is 4.78. The van der Waals surface area contributed by atoms with Gasteiger partial charge in [0, 0.05) is 5.22 Å². The summed E-state index contributed by atoms with van der Waals surface area (Å²) < 4.78 is 0. The van der Waals surface area contributed by atoms with Gasteiger partial charge in [-0.2, -0.15) is 0 Å². The van der Waals surface area contributed by atoms with Crippen molar-refractivity contribution in [1.29, 1.82) is 0 Å². The zero-order valence-electron chi connectivity index (χ0n) is 9.85. The van der Waals surface area contributed by atoms with Crippen LogP contribution in [0.15, 0.2) is 42.5 Å². The number of aliphatic hydroxyl groups excluding tert-OH is 1. The molecule has 0 amide bonds. The summed E-state index contributed by atoms with van der Waals surface area (Å²) in [6.45, 7) is 0. The molecule has 86 valence electrons. The minimum Gasteiger partial charge on any atom is -0.515 e. The monoisotopic (exact) mass is 232 g/mol. The first-order valence-corrected chi connectivity index (χ1v) is 6.16. The van der Waals surface area contributed by atoms with Gasteiger partial charge in [-0.3, -0.25) is 0 Å². The first-order chi connectivity index (χ1) is 8.88. The Morgan fingerprint density at radius 1 is 0.944 bits per heavy atom. The van der Waals surface area contributed by atoms with Gasteiger partial charge in [-0.15, -0.1) is 0 Å². The highest BCUT2D eigenvalue weighted by Gasteiger charge is 2.10. The molecule has 3 aromatic carbocycles. The van der Waals surface area contributed by atoms with E-state index in [4.69, 9.17) is 0 Å². The molecule has 0 aliphatic heterocycles. The SMILES string of the molecule is OC=c1ccc2c3c1ccc1cccc(c13)CC=2. The lowest BCUT2D eigenvalue weighted by Gasteiger charge is -2.13. The maximum absolute atomic E-state index is 9.35. The zero-order chi connectivity index (χ0) is 12.1. The van der Waals surface area contributed by atoms with Gasteiger partial charge in [-0.1, -0.05) is 48.5 Å². The van der Waals surface area contributed by atoms with Crippen LogP contribution >= 0.6 is 0 Å². The van der Waals surface area contributed by atoms with Gasteiger partial charge >= 0.3 is 0 Å². The third-order valence-corrected chi connectivity index (χ3v) is 3.85. The van der Waals surface area contributed by atoms with Gasteiger partial charge in [0.15, 0.2) is 0 Å². The van der Waals surface area contributed by atoms with Crippen molar-refractivity contribution >= 4 is 33.9 Å². The average molecular weight is 232 g/mol. The van der Waals surface area contributed by atoms with Crippen LogP contribution in [-0.2, 0) is 6.42 Å². The lowest BCUT2D eigenvalue weighted by Crippen LogP contribution is -2.14. The molecule has 0 bridgehead atoms. The number of benzene rings is 3. The van der Waals surface area contributed by atoms with E-state index in [2.05, 4.69) is 42.5 Å². The van der Waals surface area contributed by atoms with E-state index in [-0.39, 0.29) is 0 Å². The molecule has 0 aromatic heterocycles. The summed E-state index contributed by atoms with van der Waals surface area (Å²) >= 11 is 0.